The highest BCUT2D eigenvalue weighted by Crippen LogP contribution is 2.28. The Labute approximate surface area is 180 Å². The van der Waals surface area contributed by atoms with E-state index < -0.39 is 0 Å². The van der Waals surface area contributed by atoms with Crippen molar-refractivity contribution in [1.82, 2.24) is 15.5 Å². The predicted molar refractivity (Wildman–Crippen MR) is 120 cm³/mol. The first-order chi connectivity index (χ1) is 12.7. The van der Waals surface area contributed by atoms with Crippen LogP contribution in [0, 0.1) is 5.92 Å². The van der Waals surface area contributed by atoms with Gasteiger partial charge < -0.3 is 20.1 Å². The lowest BCUT2D eigenvalue weighted by atomic mass is 10.2. The summed E-state index contributed by atoms with van der Waals surface area (Å²) in [5.74, 6) is 3.47. The number of benzene rings is 1. The summed E-state index contributed by atoms with van der Waals surface area (Å²) in [5, 5.41) is 6.98. The van der Waals surface area contributed by atoms with Crippen LogP contribution in [0.25, 0.3) is 0 Å². The van der Waals surface area contributed by atoms with E-state index in [0.717, 1.165) is 62.5 Å². The Morgan fingerprint density at radius 2 is 1.85 bits per heavy atom. The minimum absolute atomic E-state index is 0. The van der Waals surface area contributed by atoms with Crippen LogP contribution in [0.15, 0.2) is 23.2 Å². The summed E-state index contributed by atoms with van der Waals surface area (Å²) in [6, 6.07) is 6.53. The van der Waals surface area contributed by atoms with E-state index in [4.69, 9.17) is 14.5 Å². The molecule has 152 valence electrons. The number of nitrogens with zero attached hydrogens (tertiary/aromatic N) is 2. The fourth-order valence-corrected chi connectivity index (χ4v) is 3.34. The Hall–Kier alpha value is -1.22. The van der Waals surface area contributed by atoms with Gasteiger partial charge in [-0.2, -0.15) is 0 Å². The highest BCUT2D eigenvalue weighted by molar-refractivity contribution is 14.0. The van der Waals surface area contributed by atoms with Crippen molar-refractivity contribution in [1.29, 1.82) is 0 Å². The fourth-order valence-electron chi connectivity index (χ4n) is 3.34. The zero-order valence-electron chi connectivity index (χ0n) is 16.7. The van der Waals surface area contributed by atoms with Gasteiger partial charge >= 0.3 is 0 Å². The number of halogens is 1. The maximum Gasteiger partial charge on any atom is 0.191 e. The van der Waals surface area contributed by atoms with Crippen LogP contribution in [0.5, 0.6) is 11.5 Å². The Bertz CT molecular complexity index is 600. The van der Waals surface area contributed by atoms with Gasteiger partial charge in [0.2, 0.25) is 0 Å². The van der Waals surface area contributed by atoms with Crippen LogP contribution in [-0.2, 0) is 6.54 Å². The number of ether oxygens (including phenoxy) is 2. The lowest BCUT2D eigenvalue weighted by Gasteiger charge is -2.19. The standard InChI is InChI=1S/C20H32N4O2.HI/c1-4-21-20(22-12-15-5-6-15)23-17-7-8-24(14-17)13-16-9-18(25-2)11-19(10-16)26-3;/h9-11,15,17H,4-8,12-14H2,1-3H3,(H2,21,22,23);1H. The molecule has 1 aromatic carbocycles. The highest BCUT2D eigenvalue weighted by Gasteiger charge is 2.24. The van der Waals surface area contributed by atoms with Crippen LogP contribution >= 0.6 is 24.0 Å². The van der Waals surface area contributed by atoms with Crippen LogP contribution in [0.2, 0.25) is 0 Å². The molecule has 2 N–H and O–H groups in total. The molecule has 0 spiro atoms. The number of methoxy groups -OCH3 is 2. The second-order valence-electron chi connectivity index (χ2n) is 7.25. The lowest BCUT2D eigenvalue weighted by molar-refractivity contribution is 0.321. The molecular weight excluding hydrogens is 455 g/mol. The Morgan fingerprint density at radius 3 is 2.44 bits per heavy atom. The predicted octanol–water partition coefficient (Wildman–Crippen LogP) is 2.86. The van der Waals surface area contributed by atoms with Crippen molar-refractivity contribution in [3.63, 3.8) is 0 Å². The molecular formula is C20H33IN4O2. The first-order valence-corrected chi connectivity index (χ1v) is 9.69. The third-order valence-electron chi connectivity index (χ3n) is 4.98. The minimum atomic E-state index is 0. The molecule has 1 saturated heterocycles. The molecule has 1 aliphatic heterocycles. The van der Waals surface area contributed by atoms with Gasteiger partial charge in [-0.25, -0.2) is 0 Å². The van der Waals surface area contributed by atoms with Gasteiger partial charge in [0.05, 0.1) is 14.2 Å². The number of nitrogens with one attached hydrogen (secondary N) is 2. The maximum absolute atomic E-state index is 5.38. The van der Waals surface area contributed by atoms with E-state index in [1.54, 1.807) is 14.2 Å². The summed E-state index contributed by atoms with van der Waals surface area (Å²) >= 11 is 0. The van der Waals surface area contributed by atoms with Gasteiger partial charge in [0, 0.05) is 44.8 Å². The number of hydrogen-bond donors (Lipinski definition) is 2. The number of guanidine groups is 1. The highest BCUT2D eigenvalue weighted by atomic mass is 127. The molecule has 0 radical (unpaired) electrons. The molecule has 1 atom stereocenters. The zero-order valence-corrected chi connectivity index (χ0v) is 19.0. The van der Waals surface area contributed by atoms with Gasteiger partial charge in [-0.15, -0.1) is 24.0 Å². The quantitative estimate of drug-likeness (QED) is 0.335. The Morgan fingerprint density at radius 1 is 1.15 bits per heavy atom. The van der Waals surface area contributed by atoms with Crippen LogP contribution in [0.4, 0.5) is 0 Å². The smallest absolute Gasteiger partial charge is 0.191 e. The van der Waals surface area contributed by atoms with Gasteiger partial charge in [0.1, 0.15) is 11.5 Å². The van der Waals surface area contributed by atoms with Crippen molar-refractivity contribution < 1.29 is 9.47 Å². The van der Waals surface area contributed by atoms with E-state index in [9.17, 15) is 0 Å². The topological polar surface area (TPSA) is 58.1 Å². The molecule has 1 aromatic rings. The molecule has 0 aromatic heterocycles. The summed E-state index contributed by atoms with van der Waals surface area (Å²) in [6.07, 6.45) is 3.81. The maximum atomic E-state index is 5.38. The zero-order chi connectivity index (χ0) is 18.4. The molecule has 7 heteroatoms. The van der Waals surface area contributed by atoms with Gasteiger partial charge in [0.15, 0.2) is 5.96 Å². The second-order valence-corrected chi connectivity index (χ2v) is 7.25. The molecule has 1 unspecified atom stereocenters. The minimum Gasteiger partial charge on any atom is -0.497 e. The van der Waals surface area contributed by atoms with Crippen molar-refractivity contribution in [2.75, 3.05) is 40.4 Å². The molecule has 1 aliphatic carbocycles. The average molecular weight is 488 g/mol. The van der Waals surface area contributed by atoms with E-state index in [2.05, 4.69) is 34.6 Å². The van der Waals surface area contributed by atoms with Crippen LogP contribution in [0.1, 0.15) is 31.7 Å². The van der Waals surface area contributed by atoms with Crippen molar-refractivity contribution in [2.45, 2.75) is 38.8 Å². The van der Waals surface area contributed by atoms with Crippen LogP contribution in [0.3, 0.4) is 0 Å². The van der Waals surface area contributed by atoms with Crippen LogP contribution in [-0.4, -0.2) is 57.3 Å². The van der Waals surface area contributed by atoms with Gasteiger partial charge in [-0.3, -0.25) is 9.89 Å². The fraction of sp³-hybridized carbons (Fsp3) is 0.650. The molecule has 0 bridgehead atoms. The third-order valence-corrected chi connectivity index (χ3v) is 4.98. The SMILES string of the molecule is CCNC(=NCC1CC1)NC1CCN(Cc2cc(OC)cc(OC)c2)C1.I. The number of likely N-dealkylation sites (tertiary alicyclic amines) is 1. The molecule has 1 heterocycles. The molecule has 6 nitrogen and oxygen atoms in total. The summed E-state index contributed by atoms with van der Waals surface area (Å²) in [5.41, 5.74) is 1.22. The van der Waals surface area contributed by atoms with Crippen molar-refractivity contribution in [2.24, 2.45) is 10.9 Å². The monoisotopic (exact) mass is 488 g/mol. The van der Waals surface area contributed by atoms with Crippen LogP contribution < -0.4 is 20.1 Å². The molecule has 0 amide bonds. The summed E-state index contributed by atoms with van der Waals surface area (Å²) in [4.78, 5) is 7.20. The molecule has 1 saturated carbocycles. The van der Waals surface area contributed by atoms with E-state index >= 15 is 0 Å². The second kappa shape index (κ2) is 10.9. The van der Waals surface area contributed by atoms with E-state index in [-0.39, 0.29) is 24.0 Å². The first kappa shape index (κ1) is 22.1. The Kier molecular flexibility index (Phi) is 8.95. The van der Waals surface area contributed by atoms with Gasteiger partial charge in [-0.05, 0) is 49.8 Å². The molecule has 3 rings (SSSR count). The molecule has 2 aliphatic rings. The number of rotatable bonds is 8. The summed E-state index contributed by atoms with van der Waals surface area (Å²) in [7, 11) is 3.38. The van der Waals surface area contributed by atoms with E-state index in [1.165, 1.54) is 18.4 Å². The normalized spacial score (nSPS) is 20.1. The van der Waals surface area contributed by atoms with Crippen molar-refractivity contribution >= 4 is 29.9 Å². The summed E-state index contributed by atoms with van der Waals surface area (Å²) in [6.45, 7) is 6.98. The molecule has 27 heavy (non-hydrogen) atoms. The van der Waals surface area contributed by atoms with Crippen molar-refractivity contribution in [3.8, 4) is 11.5 Å². The number of aliphatic imine (C=N–C) groups is 1. The van der Waals surface area contributed by atoms with Gasteiger partial charge in [-0.1, -0.05) is 0 Å². The Balaban J connectivity index is 0.00000261. The summed E-state index contributed by atoms with van der Waals surface area (Å²) < 4.78 is 10.8. The van der Waals surface area contributed by atoms with E-state index in [0.29, 0.717) is 6.04 Å². The van der Waals surface area contributed by atoms with Gasteiger partial charge in [0.25, 0.3) is 0 Å². The van der Waals surface area contributed by atoms with Crippen molar-refractivity contribution in [3.05, 3.63) is 23.8 Å². The molecule has 2 fully saturated rings. The average Bonchev–Trinajstić information content (AvgIpc) is 3.39. The largest absolute Gasteiger partial charge is 0.497 e. The third kappa shape index (κ3) is 7.03. The van der Waals surface area contributed by atoms with E-state index in [1.807, 2.05) is 6.07 Å². The number of hydrogen-bond acceptors (Lipinski definition) is 4. The first-order valence-electron chi connectivity index (χ1n) is 9.69. The lowest BCUT2D eigenvalue weighted by Crippen LogP contribution is -2.44.